The standard InChI is InChI=1S/C71H91ClO15S/c1-68(2,3)42-70(7,8)54-41-59(87-67(79)50-21-17-46(18-22-50)63(75)83-38-37-80-11)55(71(9,10)43-69(4,5)6)40-58(54)86-66(78)49-19-15-45(16-20-49)62(74)82-36-35-44-13-28-52(29-14-44)84-64(76)47-23-25-48(26-24-47)65(77)85-57-32-30-53(81-12)39-51(57)27-31-56(73)60-33-34-61(72)88-60/h13-14,27-34,39-41,45-50H,15-26,35-38,42-43H2,1-12H3/b31-27+. The molecular formula is C71H91ClO15S. The monoisotopic (exact) mass is 1250 g/mol. The minimum Gasteiger partial charge on any atom is -0.497 e. The van der Waals surface area contributed by atoms with Crippen LogP contribution in [0.2, 0.25) is 4.34 Å². The summed E-state index contributed by atoms with van der Waals surface area (Å²) in [7, 11) is 3.08. The van der Waals surface area contributed by atoms with Gasteiger partial charge in [0.05, 0.1) is 65.0 Å². The van der Waals surface area contributed by atoms with Gasteiger partial charge in [0.1, 0.15) is 35.4 Å². The molecule has 15 nitrogen and oxygen atoms in total. The molecule has 3 aliphatic rings. The summed E-state index contributed by atoms with van der Waals surface area (Å²) in [5.74, 6) is -2.44. The van der Waals surface area contributed by atoms with Crippen molar-refractivity contribution in [2.45, 2.75) is 176 Å². The molecule has 1 heterocycles. The van der Waals surface area contributed by atoms with Gasteiger partial charge in [0.15, 0.2) is 5.78 Å². The Balaban J connectivity index is 0.894. The van der Waals surface area contributed by atoms with Gasteiger partial charge in [-0.05, 0) is 184 Å². The van der Waals surface area contributed by atoms with Gasteiger partial charge in [-0.1, -0.05) is 93.0 Å². The predicted molar refractivity (Wildman–Crippen MR) is 339 cm³/mol. The van der Waals surface area contributed by atoms with E-state index in [-0.39, 0.29) is 89.1 Å². The van der Waals surface area contributed by atoms with Gasteiger partial charge in [-0.3, -0.25) is 33.6 Å². The molecule has 0 amide bonds. The maximum absolute atomic E-state index is 14.4. The molecule has 1 aromatic heterocycles. The third-order valence-corrected chi connectivity index (χ3v) is 18.3. The molecule has 88 heavy (non-hydrogen) atoms. The summed E-state index contributed by atoms with van der Waals surface area (Å²) in [6.45, 7) is 22.2. The fourth-order valence-corrected chi connectivity index (χ4v) is 14.1. The van der Waals surface area contributed by atoms with Crippen LogP contribution in [-0.2, 0) is 60.2 Å². The molecule has 0 unspecified atom stereocenters. The lowest BCUT2D eigenvalue weighted by atomic mass is 9.69. The molecule has 0 aliphatic heterocycles. The first kappa shape index (κ1) is 69.1. The maximum Gasteiger partial charge on any atom is 0.314 e. The van der Waals surface area contributed by atoms with E-state index in [9.17, 15) is 33.6 Å². The Morgan fingerprint density at radius 2 is 0.886 bits per heavy atom. The van der Waals surface area contributed by atoms with Crippen LogP contribution in [0, 0.1) is 46.3 Å². The molecule has 0 spiro atoms. The number of esters is 6. The van der Waals surface area contributed by atoms with Crippen molar-refractivity contribution in [1.29, 1.82) is 0 Å². The average Bonchev–Trinajstić information content (AvgIpc) is 1.89. The number of carbonyl (C=O) groups is 7. The van der Waals surface area contributed by atoms with Gasteiger partial charge in [-0.15, -0.1) is 11.3 Å². The van der Waals surface area contributed by atoms with Gasteiger partial charge in [0, 0.05) is 30.2 Å². The molecule has 3 aromatic carbocycles. The van der Waals surface area contributed by atoms with Crippen molar-refractivity contribution >= 4 is 70.6 Å². The van der Waals surface area contributed by atoms with Crippen LogP contribution in [0.1, 0.15) is 191 Å². The van der Waals surface area contributed by atoms with Crippen LogP contribution in [0.15, 0.2) is 72.8 Å². The molecule has 0 radical (unpaired) electrons. The van der Waals surface area contributed by atoms with Crippen LogP contribution < -0.4 is 23.7 Å². The molecule has 3 fully saturated rings. The van der Waals surface area contributed by atoms with Crippen molar-refractivity contribution in [3.8, 4) is 28.7 Å². The van der Waals surface area contributed by atoms with Crippen molar-refractivity contribution in [3.05, 3.63) is 104 Å². The van der Waals surface area contributed by atoms with Crippen molar-refractivity contribution < 1.29 is 71.5 Å². The normalized spacial score (nSPS) is 20.1. The highest BCUT2D eigenvalue weighted by Gasteiger charge is 2.40. The first-order valence-corrected chi connectivity index (χ1v) is 32.3. The number of allylic oxidation sites excluding steroid dienone is 1. The molecule has 17 heteroatoms. The van der Waals surface area contributed by atoms with E-state index in [1.807, 2.05) is 24.3 Å². The van der Waals surface area contributed by atoms with Crippen LogP contribution >= 0.6 is 22.9 Å². The number of carbonyl (C=O) groups excluding carboxylic acids is 7. The van der Waals surface area contributed by atoms with Crippen LogP contribution in [-0.4, -0.2) is 75.6 Å². The van der Waals surface area contributed by atoms with Gasteiger partial charge >= 0.3 is 35.8 Å². The zero-order valence-electron chi connectivity index (χ0n) is 53.6. The van der Waals surface area contributed by atoms with Gasteiger partial charge < -0.3 is 37.9 Å². The largest absolute Gasteiger partial charge is 0.497 e. The number of hydrogen-bond donors (Lipinski definition) is 0. The van der Waals surface area contributed by atoms with E-state index in [2.05, 4.69) is 69.2 Å². The van der Waals surface area contributed by atoms with Gasteiger partial charge in [-0.2, -0.15) is 0 Å². The van der Waals surface area contributed by atoms with E-state index in [1.54, 1.807) is 55.7 Å². The van der Waals surface area contributed by atoms with Crippen LogP contribution in [0.4, 0.5) is 0 Å². The van der Waals surface area contributed by atoms with E-state index in [0.29, 0.717) is 128 Å². The molecule has 478 valence electrons. The zero-order chi connectivity index (χ0) is 64.1. The Morgan fingerprint density at radius 1 is 0.477 bits per heavy atom. The van der Waals surface area contributed by atoms with E-state index in [4.69, 9.17) is 49.5 Å². The first-order chi connectivity index (χ1) is 41.5. The van der Waals surface area contributed by atoms with Crippen LogP contribution in [0.5, 0.6) is 28.7 Å². The molecule has 3 aliphatic carbocycles. The lowest BCUT2D eigenvalue weighted by Gasteiger charge is -2.37. The highest BCUT2D eigenvalue weighted by molar-refractivity contribution is 7.18. The molecule has 0 atom stereocenters. The fraction of sp³-hybridized carbons (Fsp3) is 0.563. The molecule has 7 rings (SSSR count). The second-order valence-electron chi connectivity index (χ2n) is 27.8. The Kier molecular flexibility index (Phi) is 23.9. The SMILES string of the molecule is COCCOC(=O)C1CCC(C(=O)Oc2cc(C(C)(C)CC(C)(C)C)c(OC(=O)C3CCC(C(=O)OCCc4ccc(OC(=O)C5CCC(C(=O)Oc6ccc(OC)cc6/C=C/C(=O)c6ccc(Cl)s6)CC5)cc4)CC3)cc2C(C)(C)CC(C)(C)C)CC1. The minimum atomic E-state index is -0.513. The number of ether oxygens (including phenoxy) is 8. The number of thiophene rings is 1. The first-order valence-electron chi connectivity index (χ1n) is 31.1. The lowest BCUT2D eigenvalue weighted by Crippen LogP contribution is -2.32. The molecular weight excluding hydrogens is 1160 g/mol. The number of halogens is 1. The molecule has 0 bridgehead atoms. The molecule has 0 N–H and O–H groups in total. The van der Waals surface area contributed by atoms with Crippen molar-refractivity contribution in [2.75, 3.05) is 34.0 Å². The van der Waals surface area contributed by atoms with E-state index in [1.165, 1.54) is 24.5 Å². The van der Waals surface area contributed by atoms with E-state index >= 15 is 0 Å². The third kappa shape index (κ3) is 19.8. The zero-order valence-corrected chi connectivity index (χ0v) is 55.2. The summed E-state index contributed by atoms with van der Waals surface area (Å²) < 4.78 is 46.7. The van der Waals surface area contributed by atoms with Crippen molar-refractivity contribution in [3.63, 3.8) is 0 Å². The third-order valence-electron chi connectivity index (χ3n) is 17.1. The van der Waals surface area contributed by atoms with Crippen molar-refractivity contribution in [2.24, 2.45) is 46.3 Å². The second-order valence-corrected chi connectivity index (χ2v) is 29.6. The van der Waals surface area contributed by atoms with E-state index < -0.39 is 28.6 Å². The average molecular weight is 1250 g/mol. The molecule has 3 saturated carbocycles. The highest BCUT2D eigenvalue weighted by atomic mass is 35.5. The summed E-state index contributed by atoms with van der Waals surface area (Å²) in [6, 6.07) is 19.3. The number of hydrogen-bond acceptors (Lipinski definition) is 16. The van der Waals surface area contributed by atoms with Gasteiger partial charge in [-0.25, -0.2) is 0 Å². The summed E-state index contributed by atoms with van der Waals surface area (Å²) in [6.07, 6.45) is 10.6. The molecule has 4 aromatic rings. The topological polar surface area (TPSA) is 193 Å². The summed E-state index contributed by atoms with van der Waals surface area (Å²) in [5, 5.41) is 0. The van der Waals surface area contributed by atoms with Crippen LogP contribution in [0.3, 0.4) is 0 Å². The minimum absolute atomic E-state index is 0.0987. The Morgan fingerprint density at radius 3 is 1.30 bits per heavy atom. The summed E-state index contributed by atoms with van der Waals surface area (Å²) in [4.78, 5) is 94.6. The predicted octanol–water partition coefficient (Wildman–Crippen LogP) is 15.5. The Labute approximate surface area is 529 Å². The van der Waals surface area contributed by atoms with Crippen LogP contribution in [0.25, 0.3) is 6.08 Å². The second kappa shape index (κ2) is 30.4. The summed E-state index contributed by atoms with van der Waals surface area (Å²) in [5.41, 5.74) is 1.71. The maximum atomic E-state index is 14.4. The van der Waals surface area contributed by atoms with Gasteiger partial charge in [0.25, 0.3) is 0 Å². The Hall–Kier alpha value is -6.36. The Bertz CT molecular complexity index is 3120. The van der Waals surface area contributed by atoms with E-state index in [0.717, 1.165) is 29.5 Å². The smallest absolute Gasteiger partial charge is 0.314 e. The number of ketones is 1. The molecule has 0 saturated heterocycles. The van der Waals surface area contributed by atoms with Crippen molar-refractivity contribution in [1.82, 2.24) is 0 Å². The number of benzene rings is 3. The quantitative estimate of drug-likeness (QED) is 0.0211. The number of methoxy groups -OCH3 is 2. The summed E-state index contributed by atoms with van der Waals surface area (Å²) >= 11 is 7.19. The number of rotatable bonds is 24. The lowest BCUT2D eigenvalue weighted by molar-refractivity contribution is -0.153. The highest BCUT2D eigenvalue weighted by Crippen LogP contribution is 2.49. The van der Waals surface area contributed by atoms with Gasteiger partial charge in [0.2, 0.25) is 0 Å². The fourth-order valence-electron chi connectivity index (χ4n) is 13.1.